The van der Waals surface area contributed by atoms with E-state index in [0.29, 0.717) is 5.92 Å². The summed E-state index contributed by atoms with van der Waals surface area (Å²) in [6, 6.07) is 0. The highest BCUT2D eigenvalue weighted by Crippen LogP contribution is 2.48. The van der Waals surface area contributed by atoms with E-state index >= 15 is 0 Å². The van der Waals surface area contributed by atoms with Gasteiger partial charge in [0, 0.05) is 12.0 Å². The summed E-state index contributed by atoms with van der Waals surface area (Å²) < 4.78 is 5.37. The number of hydrogen-bond donors (Lipinski definition) is 1. The van der Waals surface area contributed by atoms with Crippen molar-refractivity contribution < 1.29 is 19.4 Å². The van der Waals surface area contributed by atoms with Crippen LogP contribution in [0.1, 0.15) is 41.0 Å². The van der Waals surface area contributed by atoms with Gasteiger partial charge in [-0.15, -0.1) is 0 Å². The van der Waals surface area contributed by atoms with Crippen molar-refractivity contribution in [3.8, 4) is 0 Å². The predicted octanol–water partition coefficient (Wildman–Crippen LogP) is 5.35. The van der Waals surface area contributed by atoms with Gasteiger partial charge in [0.2, 0.25) is 0 Å². The number of carbonyl (C=O) groups is 2. The highest BCUT2D eigenvalue weighted by Gasteiger charge is 2.45. The van der Waals surface area contributed by atoms with Crippen molar-refractivity contribution in [3.63, 3.8) is 0 Å². The van der Waals surface area contributed by atoms with Gasteiger partial charge in [0.25, 0.3) is 0 Å². The quantitative estimate of drug-likeness (QED) is 0.432. The normalized spacial score (nSPS) is 43.8. The SMILES string of the molecule is CC1=C[C@@H](C)[C@H]2[C@@H]3C(=O)/C=C(\O)[C@H](C)C(=O)O[C@@H](C)/C=C/C=C\[C@@H](C)[C@@H]3C=C[C@@H]2C1. The Morgan fingerprint density at radius 1 is 0.967 bits per heavy atom. The van der Waals surface area contributed by atoms with Crippen molar-refractivity contribution in [1.82, 2.24) is 0 Å². The third-order valence-corrected chi connectivity index (χ3v) is 6.85. The molecule has 1 heterocycles. The summed E-state index contributed by atoms with van der Waals surface area (Å²) in [5.41, 5.74) is 1.36. The molecule has 8 atom stereocenters. The van der Waals surface area contributed by atoms with Crippen LogP contribution in [-0.2, 0) is 14.3 Å². The van der Waals surface area contributed by atoms with Crippen molar-refractivity contribution >= 4 is 11.8 Å². The monoisotopic (exact) mass is 410 g/mol. The van der Waals surface area contributed by atoms with Crippen LogP contribution >= 0.6 is 0 Å². The Morgan fingerprint density at radius 3 is 2.40 bits per heavy atom. The second kappa shape index (κ2) is 9.20. The molecule has 4 heteroatoms. The van der Waals surface area contributed by atoms with E-state index in [2.05, 4.69) is 45.1 Å². The first-order chi connectivity index (χ1) is 14.2. The van der Waals surface area contributed by atoms with Crippen LogP contribution in [0.25, 0.3) is 0 Å². The van der Waals surface area contributed by atoms with Crippen molar-refractivity contribution in [2.24, 2.45) is 41.4 Å². The van der Waals surface area contributed by atoms with Gasteiger partial charge in [-0.1, -0.05) is 55.9 Å². The topological polar surface area (TPSA) is 63.6 Å². The van der Waals surface area contributed by atoms with E-state index in [1.165, 1.54) is 11.6 Å². The second-order valence-corrected chi connectivity index (χ2v) is 9.27. The number of ketones is 1. The van der Waals surface area contributed by atoms with Gasteiger partial charge in [-0.05, 0) is 62.9 Å². The number of ether oxygens (including phenoxy) is 1. The minimum Gasteiger partial charge on any atom is -0.511 e. The van der Waals surface area contributed by atoms with E-state index in [-0.39, 0.29) is 41.1 Å². The number of hydrogen-bond acceptors (Lipinski definition) is 4. The number of aliphatic hydroxyl groups is 1. The van der Waals surface area contributed by atoms with Crippen LogP contribution in [0.5, 0.6) is 0 Å². The van der Waals surface area contributed by atoms with Gasteiger partial charge in [-0.3, -0.25) is 9.59 Å². The van der Waals surface area contributed by atoms with Crippen LogP contribution in [0, 0.1) is 41.4 Å². The molecule has 1 aliphatic heterocycles. The first-order valence-corrected chi connectivity index (χ1v) is 11.0. The molecule has 0 aromatic heterocycles. The zero-order valence-electron chi connectivity index (χ0n) is 18.6. The fourth-order valence-electron chi connectivity index (χ4n) is 5.25. The lowest BCUT2D eigenvalue weighted by Crippen LogP contribution is -2.43. The zero-order chi connectivity index (χ0) is 22.0. The lowest BCUT2D eigenvalue weighted by molar-refractivity contribution is -0.150. The lowest BCUT2D eigenvalue weighted by atomic mass is 9.58. The maximum Gasteiger partial charge on any atom is 0.316 e. The number of fused-ring (bicyclic) bond motifs is 3. The molecule has 0 bridgehead atoms. The number of carbonyl (C=O) groups excluding carboxylic acids is 2. The summed E-state index contributed by atoms with van der Waals surface area (Å²) in [5.74, 6) is -0.984. The van der Waals surface area contributed by atoms with Crippen molar-refractivity contribution in [3.05, 3.63) is 59.9 Å². The van der Waals surface area contributed by atoms with Gasteiger partial charge >= 0.3 is 5.97 Å². The van der Waals surface area contributed by atoms with Gasteiger partial charge in [-0.2, -0.15) is 0 Å². The van der Waals surface area contributed by atoms with E-state index in [4.69, 9.17) is 4.74 Å². The van der Waals surface area contributed by atoms with Crippen molar-refractivity contribution in [2.75, 3.05) is 0 Å². The summed E-state index contributed by atoms with van der Waals surface area (Å²) in [6.07, 6.45) is 16.4. The Morgan fingerprint density at radius 2 is 1.67 bits per heavy atom. The Bertz CT molecular complexity index is 828. The second-order valence-electron chi connectivity index (χ2n) is 9.27. The summed E-state index contributed by atoms with van der Waals surface area (Å²) in [4.78, 5) is 25.8. The predicted molar refractivity (Wildman–Crippen MR) is 119 cm³/mol. The summed E-state index contributed by atoms with van der Waals surface area (Å²) in [6.45, 7) is 9.82. The van der Waals surface area contributed by atoms with Gasteiger partial charge in [0.15, 0.2) is 5.78 Å². The fourth-order valence-corrected chi connectivity index (χ4v) is 5.25. The van der Waals surface area contributed by atoms with Crippen molar-refractivity contribution in [2.45, 2.75) is 47.1 Å². The van der Waals surface area contributed by atoms with E-state index < -0.39 is 18.0 Å². The maximum atomic E-state index is 13.5. The number of allylic oxidation sites excluding steroid dienone is 8. The lowest BCUT2D eigenvalue weighted by Gasteiger charge is -2.45. The van der Waals surface area contributed by atoms with Gasteiger partial charge in [0.1, 0.15) is 17.8 Å². The number of aliphatic hydroxyl groups excluding tert-OH is 1. The van der Waals surface area contributed by atoms with Gasteiger partial charge in [0.05, 0.1) is 0 Å². The van der Waals surface area contributed by atoms with E-state index in [9.17, 15) is 14.7 Å². The Balaban J connectivity index is 2.05. The number of rotatable bonds is 0. The molecule has 0 saturated heterocycles. The maximum absolute atomic E-state index is 13.5. The van der Waals surface area contributed by atoms with Crippen LogP contribution in [-0.4, -0.2) is 23.0 Å². The summed E-state index contributed by atoms with van der Waals surface area (Å²) in [7, 11) is 0. The fraction of sp³-hybridized carbons (Fsp3) is 0.538. The Labute approximate surface area is 180 Å². The average Bonchev–Trinajstić information content (AvgIpc) is 2.68. The molecule has 0 unspecified atom stereocenters. The molecule has 2 aliphatic carbocycles. The summed E-state index contributed by atoms with van der Waals surface area (Å²) >= 11 is 0. The summed E-state index contributed by atoms with van der Waals surface area (Å²) in [5, 5.41) is 10.6. The first kappa shape index (κ1) is 22.3. The molecule has 0 aromatic rings. The molecule has 0 amide bonds. The molecule has 3 rings (SSSR count). The number of esters is 1. The zero-order valence-corrected chi connectivity index (χ0v) is 18.6. The molecule has 0 saturated carbocycles. The van der Waals surface area contributed by atoms with E-state index in [1.54, 1.807) is 13.8 Å². The Kier molecular flexibility index (Phi) is 6.84. The molecule has 30 heavy (non-hydrogen) atoms. The highest BCUT2D eigenvalue weighted by atomic mass is 16.5. The van der Waals surface area contributed by atoms with Gasteiger partial charge in [-0.25, -0.2) is 0 Å². The minimum atomic E-state index is -0.875. The van der Waals surface area contributed by atoms with Crippen LogP contribution in [0.4, 0.5) is 0 Å². The average molecular weight is 411 g/mol. The largest absolute Gasteiger partial charge is 0.511 e. The molecule has 3 aliphatic rings. The molecular weight excluding hydrogens is 376 g/mol. The molecule has 0 spiro atoms. The van der Waals surface area contributed by atoms with Crippen LogP contribution in [0.15, 0.2) is 59.9 Å². The standard InChI is InChI=1S/C26H34O4/c1-15-12-17(3)24-20(13-15)10-11-21-16(2)8-6-7-9-18(4)30-26(29)19(5)22(27)14-23(28)25(21)24/h6-12,14,16-21,24-25,27H,13H2,1-5H3/b8-6-,9-7+,22-14-/t16-,17-,18+,19+,20-,21+,24-,25+/m1/s1. The smallest absolute Gasteiger partial charge is 0.316 e. The molecule has 0 aromatic carbocycles. The molecule has 1 N–H and O–H groups in total. The number of cyclic esters (lactones) is 1. The highest BCUT2D eigenvalue weighted by molar-refractivity contribution is 5.94. The van der Waals surface area contributed by atoms with Crippen LogP contribution in [0.2, 0.25) is 0 Å². The van der Waals surface area contributed by atoms with Crippen molar-refractivity contribution in [1.29, 1.82) is 0 Å². The van der Waals surface area contributed by atoms with E-state index in [1.807, 2.05) is 18.2 Å². The molecule has 0 fully saturated rings. The molecule has 4 nitrogen and oxygen atoms in total. The Hall–Kier alpha value is -2.36. The van der Waals surface area contributed by atoms with Crippen LogP contribution in [0.3, 0.4) is 0 Å². The van der Waals surface area contributed by atoms with Gasteiger partial charge < -0.3 is 9.84 Å². The third-order valence-electron chi connectivity index (χ3n) is 6.85. The molecular formula is C26H34O4. The first-order valence-electron chi connectivity index (χ1n) is 11.0. The van der Waals surface area contributed by atoms with Crippen LogP contribution < -0.4 is 0 Å². The molecule has 0 radical (unpaired) electrons. The van der Waals surface area contributed by atoms with E-state index in [0.717, 1.165) is 6.42 Å². The third kappa shape index (κ3) is 4.69. The minimum absolute atomic E-state index is 0.0457. The molecule has 162 valence electrons.